The Bertz CT molecular complexity index is 1860. The summed E-state index contributed by atoms with van der Waals surface area (Å²) in [5.41, 5.74) is 3.44. The highest BCUT2D eigenvalue weighted by atomic mass is 35.5. The van der Waals surface area contributed by atoms with Gasteiger partial charge >= 0.3 is 6.01 Å². The summed E-state index contributed by atoms with van der Waals surface area (Å²) >= 11 is 6.45. The Morgan fingerprint density at radius 2 is 1.90 bits per heavy atom. The molecule has 2 amide bonds. The number of carbonyl (C=O) groups is 2. The van der Waals surface area contributed by atoms with Gasteiger partial charge in [-0.15, -0.1) is 4.36 Å². The number of fused-ring (bicyclic) bond motifs is 3. The van der Waals surface area contributed by atoms with E-state index in [1.165, 1.54) is 30.6 Å². The largest absolute Gasteiger partial charge is 0.491 e. The van der Waals surface area contributed by atoms with Gasteiger partial charge in [0.25, 0.3) is 11.8 Å². The molecule has 0 radical (unpaired) electrons. The lowest BCUT2D eigenvalue weighted by Crippen LogP contribution is -2.43. The second-order valence-electron chi connectivity index (χ2n) is 13.3. The Morgan fingerprint density at radius 1 is 1.08 bits per heavy atom. The van der Waals surface area contributed by atoms with Crippen LogP contribution in [-0.2, 0) is 27.6 Å². The van der Waals surface area contributed by atoms with E-state index in [1.54, 1.807) is 25.3 Å². The molecule has 1 saturated carbocycles. The van der Waals surface area contributed by atoms with Crippen LogP contribution in [0.3, 0.4) is 0 Å². The second kappa shape index (κ2) is 15.9. The van der Waals surface area contributed by atoms with Crippen molar-refractivity contribution in [2.45, 2.75) is 58.1 Å². The van der Waals surface area contributed by atoms with Crippen LogP contribution in [0.2, 0.25) is 5.02 Å². The molecule has 50 heavy (non-hydrogen) atoms. The molecule has 3 aliphatic rings. The molecule has 1 unspecified atom stereocenters. The Morgan fingerprint density at radius 3 is 2.64 bits per heavy atom. The number of amides is 2. The van der Waals surface area contributed by atoms with Crippen molar-refractivity contribution in [2.75, 3.05) is 38.0 Å². The first kappa shape index (κ1) is 35.8. The second-order valence-corrected chi connectivity index (χ2v) is 15.8. The van der Waals surface area contributed by atoms with Crippen molar-refractivity contribution in [1.29, 1.82) is 0 Å². The van der Waals surface area contributed by atoms with Crippen LogP contribution in [0, 0.1) is 17.8 Å². The van der Waals surface area contributed by atoms with Gasteiger partial charge in [0.1, 0.15) is 15.7 Å². The molecule has 1 aromatic heterocycles. The number of aromatic nitrogens is 2. The Hall–Kier alpha value is -4.00. The number of nitrogens with one attached hydrogen (secondary N) is 1. The maximum atomic E-state index is 14.5. The molecule has 0 spiro atoms. The Labute approximate surface area is 299 Å². The molecule has 1 N–H and O–H groups in total. The van der Waals surface area contributed by atoms with E-state index in [-0.39, 0.29) is 34.9 Å². The van der Waals surface area contributed by atoms with Crippen molar-refractivity contribution in [1.82, 2.24) is 14.7 Å². The monoisotopic (exact) mass is 721 g/mol. The first-order chi connectivity index (χ1) is 24.1. The molecule has 2 aliphatic heterocycles. The molecule has 2 aromatic carbocycles. The van der Waals surface area contributed by atoms with Gasteiger partial charge < -0.3 is 19.1 Å². The lowest BCUT2D eigenvalue weighted by molar-refractivity contribution is 0.0133. The molecule has 3 aromatic rings. The quantitative estimate of drug-likeness (QED) is 0.302. The standard InChI is InChI=1S/C37H44ClN5O6S/c1-24-7-6-9-33(47-2)31-14-11-28(31)22-43-21-27-10-13-30(38)17-25(27)8-4-5-16-49-34-15-12-26(18-32(34)43)35(44)41-50(46,23-24)42-36(45)29-19-39-37(48-3)40-20-29/h6,9-10,12-13,15,17-20,24,28,31,33H,4-5,7-8,11,14,16,21-23H2,1-3H3,(H,41,42,44,45,46)/b9-6+/t24-,28-,31+,33-,50?/m0/s1. The van der Waals surface area contributed by atoms with Crippen LogP contribution in [0.1, 0.15) is 70.9 Å². The van der Waals surface area contributed by atoms with E-state index in [1.807, 2.05) is 25.1 Å². The van der Waals surface area contributed by atoms with E-state index in [9.17, 15) is 13.8 Å². The van der Waals surface area contributed by atoms with Crippen LogP contribution in [0.25, 0.3) is 0 Å². The van der Waals surface area contributed by atoms with Gasteiger partial charge in [-0.1, -0.05) is 36.7 Å². The number of hydrogen-bond acceptors (Lipinski definition) is 9. The predicted molar refractivity (Wildman–Crippen MR) is 193 cm³/mol. The molecule has 266 valence electrons. The molecule has 11 nitrogen and oxygen atoms in total. The average molecular weight is 722 g/mol. The number of anilines is 1. The fourth-order valence-electron chi connectivity index (χ4n) is 6.92. The van der Waals surface area contributed by atoms with Crippen molar-refractivity contribution in [3.8, 4) is 11.8 Å². The third-order valence-electron chi connectivity index (χ3n) is 9.73. The van der Waals surface area contributed by atoms with Crippen molar-refractivity contribution in [3.05, 3.63) is 88.2 Å². The van der Waals surface area contributed by atoms with Gasteiger partial charge in [-0.2, -0.15) is 0 Å². The maximum absolute atomic E-state index is 14.5. The molecule has 1 aliphatic carbocycles. The number of halogens is 1. The highest BCUT2D eigenvalue weighted by molar-refractivity contribution is 7.92. The number of methoxy groups -OCH3 is 2. The predicted octanol–water partition coefficient (Wildman–Crippen LogP) is 6.45. The minimum Gasteiger partial charge on any atom is -0.491 e. The third kappa shape index (κ3) is 8.47. The number of rotatable bonds is 4. The topological polar surface area (TPSA) is 132 Å². The molecule has 2 bridgehead atoms. The molecule has 0 saturated heterocycles. The van der Waals surface area contributed by atoms with Gasteiger partial charge in [0, 0.05) is 43.2 Å². The Kier molecular flexibility index (Phi) is 11.4. The summed E-state index contributed by atoms with van der Waals surface area (Å²) in [6.07, 6.45) is 11.9. The van der Waals surface area contributed by atoms with Crippen molar-refractivity contribution in [2.24, 2.45) is 22.1 Å². The highest BCUT2D eigenvalue weighted by Crippen LogP contribution is 2.42. The van der Waals surface area contributed by atoms with Crippen LogP contribution >= 0.6 is 11.6 Å². The van der Waals surface area contributed by atoms with Crippen LogP contribution < -0.4 is 19.1 Å². The third-order valence-corrected chi connectivity index (χ3v) is 12.0. The summed E-state index contributed by atoms with van der Waals surface area (Å²) in [4.78, 5) is 37.5. The van der Waals surface area contributed by atoms with Gasteiger partial charge in [-0.25, -0.2) is 14.2 Å². The number of allylic oxidation sites excluding steroid dienone is 1. The number of benzene rings is 2. The number of aryl methyl sites for hydroxylation is 1. The number of nitrogens with zero attached hydrogens (tertiary/aromatic N) is 4. The SMILES string of the molecule is COc1ncc(C(=O)NS2(=O)=NC(=O)c3ccc4c(c3)N(Cc3ccc(Cl)cc3CCCCO4)C[C@@H]3CC[C@H]3[C@@H](OC)/C=C/C[C@H](C)C2)cn1. The molecule has 6 rings (SSSR count). The highest BCUT2D eigenvalue weighted by Gasteiger charge is 2.38. The summed E-state index contributed by atoms with van der Waals surface area (Å²) in [5, 5.41) is 0.705. The summed E-state index contributed by atoms with van der Waals surface area (Å²) in [6.45, 7) is 3.74. The van der Waals surface area contributed by atoms with E-state index in [4.69, 9.17) is 25.8 Å². The Balaban J connectivity index is 1.44. The summed E-state index contributed by atoms with van der Waals surface area (Å²) in [7, 11) is -0.439. The van der Waals surface area contributed by atoms with Crippen molar-refractivity contribution < 1.29 is 28.0 Å². The maximum Gasteiger partial charge on any atom is 0.316 e. The van der Waals surface area contributed by atoms with Gasteiger partial charge in [0.2, 0.25) is 0 Å². The normalized spacial score (nSPS) is 26.4. The van der Waals surface area contributed by atoms with Gasteiger partial charge in [0.15, 0.2) is 0 Å². The van der Waals surface area contributed by atoms with Crippen LogP contribution in [0.4, 0.5) is 5.69 Å². The lowest BCUT2D eigenvalue weighted by Gasteiger charge is -2.43. The minimum absolute atomic E-state index is 0.0466. The van der Waals surface area contributed by atoms with E-state index >= 15 is 0 Å². The van der Waals surface area contributed by atoms with E-state index in [0.29, 0.717) is 42.2 Å². The molecule has 13 heteroatoms. The number of hydrogen-bond donors (Lipinski definition) is 1. The molecule has 3 heterocycles. The van der Waals surface area contributed by atoms with Crippen molar-refractivity contribution >= 4 is 39.0 Å². The van der Waals surface area contributed by atoms with Crippen LogP contribution in [0.5, 0.6) is 11.8 Å². The van der Waals surface area contributed by atoms with Gasteiger partial charge in [0.05, 0.1) is 36.8 Å². The zero-order chi connectivity index (χ0) is 35.3. The van der Waals surface area contributed by atoms with Gasteiger partial charge in [-0.3, -0.25) is 14.3 Å². The summed E-state index contributed by atoms with van der Waals surface area (Å²) < 4.78 is 38.6. The number of carbonyl (C=O) groups excluding carboxylic acids is 2. The zero-order valence-corrected chi connectivity index (χ0v) is 30.3. The zero-order valence-electron chi connectivity index (χ0n) is 28.7. The van der Waals surface area contributed by atoms with E-state index < -0.39 is 21.7 Å². The van der Waals surface area contributed by atoms with E-state index in [0.717, 1.165) is 44.3 Å². The van der Waals surface area contributed by atoms with Gasteiger partial charge in [-0.05, 0) is 97.7 Å². The minimum atomic E-state index is -3.60. The molecular formula is C37H44ClN5O6S. The summed E-state index contributed by atoms with van der Waals surface area (Å²) in [6, 6.07) is 11.4. The van der Waals surface area contributed by atoms with Crippen LogP contribution in [0.15, 0.2) is 65.3 Å². The van der Waals surface area contributed by atoms with E-state index in [2.05, 4.69) is 36.1 Å². The lowest BCUT2D eigenvalue weighted by atomic mass is 9.70. The molecule has 1 fully saturated rings. The first-order valence-electron chi connectivity index (χ1n) is 17.1. The van der Waals surface area contributed by atoms with Crippen LogP contribution in [-0.4, -0.2) is 65.2 Å². The summed E-state index contributed by atoms with van der Waals surface area (Å²) in [5.74, 6) is -0.306. The molecule has 5 atom stereocenters. The average Bonchev–Trinajstić information content (AvgIpc) is 3.11. The fraction of sp³-hybridized carbons (Fsp3) is 0.459. The smallest absolute Gasteiger partial charge is 0.316 e. The van der Waals surface area contributed by atoms with Crippen molar-refractivity contribution in [3.63, 3.8) is 0 Å². The first-order valence-corrected chi connectivity index (χ1v) is 19.2. The number of ether oxygens (including phenoxy) is 3. The molecular weight excluding hydrogens is 678 g/mol. The fourth-order valence-corrected chi connectivity index (χ4v) is 9.00.